The first-order valence-electron chi connectivity index (χ1n) is 8.72. The highest BCUT2D eigenvalue weighted by Crippen LogP contribution is 2.32. The van der Waals surface area contributed by atoms with Crippen molar-refractivity contribution in [3.8, 4) is 5.75 Å². The molecule has 1 amide bonds. The minimum absolute atomic E-state index is 0.208. The van der Waals surface area contributed by atoms with E-state index in [1.54, 1.807) is 29.0 Å². The van der Waals surface area contributed by atoms with Gasteiger partial charge in [-0.15, -0.1) is 0 Å². The molecule has 0 unspecified atom stereocenters. The molecule has 0 aliphatic heterocycles. The standard InChI is InChI=1S/C20H19N5O2S/c1-13-10-17(23-24(13)2)19(26)25(12-14-6-4-5-9-21-14)20-22-16-11-15(27-3)7-8-18(16)28-20/h4-11H,12H2,1-3H3. The van der Waals surface area contributed by atoms with Gasteiger partial charge in [-0.05, 0) is 37.3 Å². The molecule has 7 nitrogen and oxygen atoms in total. The Hall–Kier alpha value is -3.26. The summed E-state index contributed by atoms with van der Waals surface area (Å²) in [4.78, 5) is 23.9. The van der Waals surface area contributed by atoms with Crippen LogP contribution < -0.4 is 9.64 Å². The van der Waals surface area contributed by atoms with Gasteiger partial charge in [0.15, 0.2) is 10.8 Å². The third kappa shape index (κ3) is 3.46. The summed E-state index contributed by atoms with van der Waals surface area (Å²) in [6, 6.07) is 13.1. The Labute approximate surface area is 166 Å². The van der Waals surface area contributed by atoms with E-state index >= 15 is 0 Å². The number of amides is 1. The summed E-state index contributed by atoms with van der Waals surface area (Å²) in [5.41, 5.74) is 2.86. The van der Waals surface area contributed by atoms with E-state index in [9.17, 15) is 4.79 Å². The molecule has 28 heavy (non-hydrogen) atoms. The van der Waals surface area contributed by atoms with Gasteiger partial charge in [0.1, 0.15) is 5.75 Å². The zero-order valence-corrected chi connectivity index (χ0v) is 16.6. The maximum atomic E-state index is 13.3. The molecule has 0 N–H and O–H groups in total. The number of benzene rings is 1. The normalized spacial score (nSPS) is 11.0. The van der Waals surface area contributed by atoms with Crippen LogP contribution in [0.2, 0.25) is 0 Å². The van der Waals surface area contributed by atoms with E-state index in [1.807, 2.05) is 50.4 Å². The highest BCUT2D eigenvalue weighted by Gasteiger charge is 2.24. The van der Waals surface area contributed by atoms with Crippen LogP contribution in [0, 0.1) is 6.92 Å². The first kappa shape index (κ1) is 18.1. The Morgan fingerprint density at radius 1 is 1.25 bits per heavy atom. The quantitative estimate of drug-likeness (QED) is 0.518. The van der Waals surface area contributed by atoms with Crippen LogP contribution in [0.5, 0.6) is 5.75 Å². The Morgan fingerprint density at radius 2 is 2.11 bits per heavy atom. The van der Waals surface area contributed by atoms with Crippen molar-refractivity contribution in [3.05, 3.63) is 65.7 Å². The molecule has 0 spiro atoms. The SMILES string of the molecule is COc1ccc2sc(N(Cc3ccccn3)C(=O)c3cc(C)n(C)n3)nc2c1. The Balaban J connectivity index is 1.76. The van der Waals surface area contributed by atoms with Crippen molar-refractivity contribution in [1.29, 1.82) is 0 Å². The second-order valence-electron chi connectivity index (χ2n) is 6.34. The predicted molar refractivity (Wildman–Crippen MR) is 109 cm³/mol. The van der Waals surface area contributed by atoms with Gasteiger partial charge in [0.05, 0.1) is 29.6 Å². The lowest BCUT2D eigenvalue weighted by Crippen LogP contribution is -2.31. The van der Waals surface area contributed by atoms with Crippen molar-refractivity contribution in [2.45, 2.75) is 13.5 Å². The fraction of sp³-hybridized carbons (Fsp3) is 0.200. The second kappa shape index (κ2) is 7.40. The number of ether oxygens (including phenoxy) is 1. The topological polar surface area (TPSA) is 73.1 Å². The molecule has 4 rings (SSSR count). The molecule has 0 atom stereocenters. The lowest BCUT2D eigenvalue weighted by atomic mass is 10.3. The molecular weight excluding hydrogens is 374 g/mol. The molecule has 0 aliphatic rings. The number of aromatic nitrogens is 4. The van der Waals surface area contributed by atoms with Crippen LogP contribution in [0.15, 0.2) is 48.7 Å². The molecule has 0 aliphatic carbocycles. The van der Waals surface area contributed by atoms with Gasteiger partial charge >= 0.3 is 0 Å². The number of pyridine rings is 1. The van der Waals surface area contributed by atoms with Crippen molar-refractivity contribution in [3.63, 3.8) is 0 Å². The van der Waals surface area contributed by atoms with E-state index in [0.29, 0.717) is 17.4 Å². The van der Waals surface area contributed by atoms with Crippen molar-refractivity contribution in [1.82, 2.24) is 19.7 Å². The van der Waals surface area contributed by atoms with Crippen LogP contribution in [-0.4, -0.2) is 32.8 Å². The molecule has 3 heterocycles. The molecule has 0 bridgehead atoms. The van der Waals surface area contributed by atoms with Gasteiger partial charge in [-0.3, -0.25) is 19.4 Å². The molecule has 0 fully saturated rings. The van der Waals surface area contributed by atoms with Crippen LogP contribution in [-0.2, 0) is 13.6 Å². The molecule has 0 saturated heterocycles. The van der Waals surface area contributed by atoms with Gasteiger partial charge in [-0.2, -0.15) is 5.10 Å². The van der Waals surface area contributed by atoms with E-state index < -0.39 is 0 Å². The zero-order chi connectivity index (χ0) is 19.7. The number of rotatable bonds is 5. The molecule has 0 saturated carbocycles. The summed E-state index contributed by atoms with van der Waals surface area (Å²) in [5.74, 6) is 0.521. The van der Waals surface area contributed by atoms with Gasteiger partial charge in [-0.1, -0.05) is 17.4 Å². The Bertz CT molecular complexity index is 1120. The largest absolute Gasteiger partial charge is 0.497 e. The molecular formula is C20H19N5O2S. The highest BCUT2D eigenvalue weighted by molar-refractivity contribution is 7.22. The van der Waals surface area contributed by atoms with Crippen LogP contribution in [0.1, 0.15) is 21.9 Å². The van der Waals surface area contributed by atoms with Crippen molar-refractivity contribution >= 4 is 32.6 Å². The molecule has 0 radical (unpaired) electrons. The fourth-order valence-corrected chi connectivity index (χ4v) is 3.76. The number of fused-ring (bicyclic) bond motifs is 1. The van der Waals surface area contributed by atoms with Crippen molar-refractivity contribution < 1.29 is 9.53 Å². The number of nitrogens with zero attached hydrogens (tertiary/aromatic N) is 5. The van der Waals surface area contributed by atoms with Gasteiger partial charge in [-0.25, -0.2) is 4.98 Å². The highest BCUT2D eigenvalue weighted by atomic mass is 32.1. The maximum absolute atomic E-state index is 13.3. The van der Waals surface area contributed by atoms with E-state index in [0.717, 1.165) is 27.4 Å². The van der Waals surface area contributed by atoms with Gasteiger partial charge in [0.25, 0.3) is 5.91 Å². The monoisotopic (exact) mass is 393 g/mol. The predicted octanol–water partition coefficient (Wildman–Crippen LogP) is 3.59. The first-order valence-corrected chi connectivity index (χ1v) is 9.54. The molecule has 4 aromatic rings. The maximum Gasteiger partial charge on any atom is 0.280 e. The van der Waals surface area contributed by atoms with E-state index in [1.165, 1.54) is 11.3 Å². The number of thiazole rings is 1. The number of methoxy groups -OCH3 is 1. The second-order valence-corrected chi connectivity index (χ2v) is 7.35. The summed E-state index contributed by atoms with van der Waals surface area (Å²) >= 11 is 1.45. The average molecular weight is 393 g/mol. The van der Waals surface area contributed by atoms with Crippen LogP contribution in [0.4, 0.5) is 5.13 Å². The van der Waals surface area contributed by atoms with Gasteiger partial charge in [0, 0.05) is 25.0 Å². The van der Waals surface area contributed by atoms with Crippen LogP contribution >= 0.6 is 11.3 Å². The number of anilines is 1. The first-order chi connectivity index (χ1) is 13.5. The van der Waals surface area contributed by atoms with Crippen molar-refractivity contribution in [2.24, 2.45) is 7.05 Å². The van der Waals surface area contributed by atoms with Gasteiger partial charge < -0.3 is 4.74 Å². The number of aryl methyl sites for hydroxylation is 2. The summed E-state index contributed by atoms with van der Waals surface area (Å²) < 4.78 is 7.95. The third-order valence-corrected chi connectivity index (χ3v) is 5.50. The summed E-state index contributed by atoms with van der Waals surface area (Å²) in [6.45, 7) is 2.23. The number of carbonyl (C=O) groups is 1. The summed E-state index contributed by atoms with van der Waals surface area (Å²) in [5, 5.41) is 4.94. The Morgan fingerprint density at radius 3 is 2.79 bits per heavy atom. The van der Waals surface area contributed by atoms with E-state index in [2.05, 4.69) is 15.1 Å². The van der Waals surface area contributed by atoms with Crippen molar-refractivity contribution in [2.75, 3.05) is 12.0 Å². The lowest BCUT2D eigenvalue weighted by Gasteiger charge is -2.18. The number of carbonyl (C=O) groups excluding carboxylic acids is 1. The van der Waals surface area contributed by atoms with Crippen LogP contribution in [0.3, 0.4) is 0 Å². The van der Waals surface area contributed by atoms with E-state index in [4.69, 9.17) is 4.74 Å². The number of hydrogen-bond donors (Lipinski definition) is 0. The molecule has 1 aromatic carbocycles. The minimum atomic E-state index is -0.208. The zero-order valence-electron chi connectivity index (χ0n) is 15.8. The minimum Gasteiger partial charge on any atom is -0.497 e. The smallest absolute Gasteiger partial charge is 0.280 e. The molecule has 3 aromatic heterocycles. The molecule has 142 valence electrons. The summed E-state index contributed by atoms with van der Waals surface area (Å²) in [6.07, 6.45) is 1.71. The number of hydrogen-bond acceptors (Lipinski definition) is 6. The average Bonchev–Trinajstić information content (AvgIpc) is 3.28. The van der Waals surface area contributed by atoms with Gasteiger partial charge in [0.2, 0.25) is 0 Å². The third-order valence-electron chi connectivity index (χ3n) is 4.44. The molecule has 8 heteroatoms. The summed E-state index contributed by atoms with van der Waals surface area (Å²) in [7, 11) is 3.44. The lowest BCUT2D eigenvalue weighted by molar-refractivity contribution is 0.0979. The fourth-order valence-electron chi connectivity index (χ4n) is 2.82. The van der Waals surface area contributed by atoms with E-state index in [-0.39, 0.29) is 5.91 Å². The van der Waals surface area contributed by atoms with Crippen LogP contribution in [0.25, 0.3) is 10.2 Å². The Kier molecular flexibility index (Phi) is 4.79.